The van der Waals surface area contributed by atoms with Gasteiger partial charge < -0.3 is 10.1 Å². The average molecular weight is 254 g/mol. The zero-order valence-corrected chi connectivity index (χ0v) is 11.2. The Labute approximate surface area is 108 Å². The summed E-state index contributed by atoms with van der Waals surface area (Å²) in [4.78, 5) is 0. The van der Waals surface area contributed by atoms with Gasteiger partial charge in [0.1, 0.15) is 0 Å². The van der Waals surface area contributed by atoms with Crippen molar-refractivity contribution < 1.29 is 4.74 Å². The molecule has 1 fully saturated rings. The summed E-state index contributed by atoms with van der Waals surface area (Å²) in [5.74, 6) is 0.778. The highest BCUT2D eigenvalue weighted by Crippen LogP contribution is 2.34. The third kappa shape index (κ3) is 3.44. The molecule has 1 aromatic rings. The van der Waals surface area contributed by atoms with Gasteiger partial charge in [-0.15, -0.1) is 0 Å². The van der Waals surface area contributed by atoms with Crippen molar-refractivity contribution in [1.29, 1.82) is 0 Å². The molecule has 2 rings (SSSR count). The lowest BCUT2D eigenvalue weighted by Gasteiger charge is -2.23. The second kappa shape index (κ2) is 5.85. The van der Waals surface area contributed by atoms with Crippen LogP contribution in [0.25, 0.3) is 0 Å². The van der Waals surface area contributed by atoms with Gasteiger partial charge in [0, 0.05) is 24.2 Å². The van der Waals surface area contributed by atoms with Gasteiger partial charge in [-0.3, -0.25) is 0 Å². The predicted molar refractivity (Wildman–Crippen MR) is 71.4 cm³/mol. The fourth-order valence-electron chi connectivity index (χ4n) is 2.24. The number of methoxy groups -OCH3 is 1. The van der Waals surface area contributed by atoms with E-state index in [4.69, 9.17) is 16.3 Å². The van der Waals surface area contributed by atoms with Crippen molar-refractivity contribution in [2.75, 3.05) is 13.7 Å². The predicted octanol–water partition coefficient (Wildman–Crippen LogP) is 3.42. The van der Waals surface area contributed by atoms with Crippen molar-refractivity contribution in [2.24, 2.45) is 5.92 Å². The van der Waals surface area contributed by atoms with E-state index in [-0.39, 0.29) is 6.04 Å². The molecule has 1 N–H and O–H groups in total. The number of rotatable bonds is 6. The summed E-state index contributed by atoms with van der Waals surface area (Å²) < 4.78 is 5.28. The average Bonchev–Trinajstić information content (AvgIpc) is 3.12. The number of benzene rings is 1. The van der Waals surface area contributed by atoms with Crippen LogP contribution in [-0.4, -0.2) is 19.8 Å². The molecule has 2 atom stereocenters. The molecule has 2 nitrogen and oxygen atoms in total. The molecule has 0 spiro atoms. The second-order valence-electron chi connectivity index (χ2n) is 4.81. The molecule has 1 aliphatic carbocycles. The lowest BCUT2D eigenvalue weighted by Crippen LogP contribution is -2.37. The van der Waals surface area contributed by atoms with Crippen LogP contribution in [0, 0.1) is 5.92 Å². The van der Waals surface area contributed by atoms with Crippen LogP contribution < -0.4 is 5.32 Å². The Bertz CT molecular complexity index is 365. The molecule has 94 valence electrons. The summed E-state index contributed by atoms with van der Waals surface area (Å²) in [6, 6.07) is 8.73. The first kappa shape index (κ1) is 12.9. The Morgan fingerprint density at radius 1 is 1.41 bits per heavy atom. The Morgan fingerprint density at radius 2 is 2.12 bits per heavy atom. The topological polar surface area (TPSA) is 21.3 Å². The van der Waals surface area contributed by atoms with Crippen LogP contribution in [0.1, 0.15) is 31.4 Å². The van der Waals surface area contributed by atoms with Crippen molar-refractivity contribution in [3.8, 4) is 0 Å². The van der Waals surface area contributed by atoms with E-state index in [0.29, 0.717) is 6.04 Å². The Balaban J connectivity index is 1.99. The third-order valence-corrected chi connectivity index (χ3v) is 3.72. The number of hydrogen-bond donors (Lipinski definition) is 1. The smallest absolute Gasteiger partial charge is 0.0618 e. The zero-order chi connectivity index (χ0) is 12.3. The molecule has 0 saturated heterocycles. The molecular weight excluding hydrogens is 234 g/mol. The van der Waals surface area contributed by atoms with Gasteiger partial charge in [0.25, 0.3) is 0 Å². The molecular formula is C14H20ClNO. The van der Waals surface area contributed by atoms with E-state index in [1.54, 1.807) is 7.11 Å². The van der Waals surface area contributed by atoms with E-state index < -0.39 is 0 Å². The van der Waals surface area contributed by atoms with Crippen LogP contribution in [0.15, 0.2) is 24.3 Å². The van der Waals surface area contributed by atoms with Gasteiger partial charge in [0.15, 0.2) is 0 Å². The minimum Gasteiger partial charge on any atom is -0.383 e. The van der Waals surface area contributed by atoms with Gasteiger partial charge >= 0.3 is 0 Å². The number of halogens is 1. The first-order valence-electron chi connectivity index (χ1n) is 6.21. The zero-order valence-electron chi connectivity index (χ0n) is 10.4. The molecule has 1 aliphatic rings. The van der Waals surface area contributed by atoms with E-state index in [1.807, 2.05) is 18.2 Å². The van der Waals surface area contributed by atoms with Crippen LogP contribution in [0.2, 0.25) is 5.02 Å². The third-order valence-electron chi connectivity index (χ3n) is 3.37. The summed E-state index contributed by atoms with van der Waals surface area (Å²) >= 11 is 6.20. The van der Waals surface area contributed by atoms with Gasteiger partial charge in [0.2, 0.25) is 0 Å². The molecule has 1 aromatic carbocycles. The van der Waals surface area contributed by atoms with Gasteiger partial charge in [0.05, 0.1) is 6.61 Å². The highest BCUT2D eigenvalue weighted by atomic mass is 35.5. The van der Waals surface area contributed by atoms with E-state index in [1.165, 1.54) is 12.8 Å². The highest BCUT2D eigenvalue weighted by Gasteiger charge is 2.32. The van der Waals surface area contributed by atoms with E-state index >= 15 is 0 Å². The molecule has 0 amide bonds. The molecule has 1 saturated carbocycles. The summed E-state index contributed by atoms with van der Waals surface area (Å²) in [5, 5.41) is 4.46. The first-order valence-corrected chi connectivity index (χ1v) is 6.59. The maximum atomic E-state index is 6.20. The highest BCUT2D eigenvalue weighted by molar-refractivity contribution is 6.31. The summed E-state index contributed by atoms with van der Waals surface area (Å²) in [6.45, 7) is 2.94. The summed E-state index contributed by atoms with van der Waals surface area (Å²) in [7, 11) is 1.76. The van der Waals surface area contributed by atoms with Crippen LogP contribution in [0.3, 0.4) is 0 Å². The molecule has 1 unspecified atom stereocenters. The Kier molecular flexibility index (Phi) is 4.43. The maximum Gasteiger partial charge on any atom is 0.0618 e. The minimum atomic E-state index is 0.268. The summed E-state index contributed by atoms with van der Waals surface area (Å²) in [6.07, 6.45) is 2.63. The van der Waals surface area contributed by atoms with E-state index in [2.05, 4.69) is 18.3 Å². The maximum absolute atomic E-state index is 6.20. The van der Waals surface area contributed by atoms with Gasteiger partial charge in [-0.2, -0.15) is 0 Å². The number of ether oxygens (including phenoxy) is 1. The van der Waals surface area contributed by atoms with E-state index in [9.17, 15) is 0 Å². The fraction of sp³-hybridized carbons (Fsp3) is 0.571. The van der Waals surface area contributed by atoms with Crippen LogP contribution in [-0.2, 0) is 4.74 Å². The first-order chi connectivity index (χ1) is 8.22. The normalized spacial score (nSPS) is 19.0. The molecule has 3 heteroatoms. The van der Waals surface area contributed by atoms with Crippen LogP contribution >= 0.6 is 11.6 Å². The molecule has 0 heterocycles. The van der Waals surface area contributed by atoms with Gasteiger partial charge in [-0.25, -0.2) is 0 Å². The fourth-order valence-corrected chi connectivity index (χ4v) is 2.53. The largest absolute Gasteiger partial charge is 0.383 e. The molecule has 17 heavy (non-hydrogen) atoms. The SMILES string of the molecule is COCC(N[C@@H](C)c1ccccc1Cl)C1CC1. The molecule has 0 aromatic heterocycles. The molecule has 0 radical (unpaired) electrons. The van der Waals surface area contributed by atoms with Crippen molar-refractivity contribution in [3.05, 3.63) is 34.9 Å². The van der Waals surface area contributed by atoms with Gasteiger partial charge in [-0.1, -0.05) is 29.8 Å². The quantitative estimate of drug-likeness (QED) is 0.839. The minimum absolute atomic E-state index is 0.268. The van der Waals surface area contributed by atoms with Crippen molar-refractivity contribution in [3.63, 3.8) is 0 Å². The second-order valence-corrected chi connectivity index (χ2v) is 5.22. The van der Waals surface area contributed by atoms with Crippen molar-refractivity contribution in [1.82, 2.24) is 5.32 Å². The standard InChI is InChI=1S/C14H20ClNO/c1-10(12-5-3-4-6-13(12)15)16-14(9-17-2)11-7-8-11/h3-6,10-11,14,16H,7-9H2,1-2H3/t10-,14?/m0/s1. The molecule has 0 aliphatic heterocycles. The van der Waals surface area contributed by atoms with Crippen LogP contribution in [0.5, 0.6) is 0 Å². The van der Waals surface area contributed by atoms with E-state index in [0.717, 1.165) is 23.1 Å². The monoisotopic (exact) mass is 253 g/mol. The Morgan fingerprint density at radius 3 is 2.71 bits per heavy atom. The number of hydrogen-bond acceptors (Lipinski definition) is 2. The van der Waals surface area contributed by atoms with Crippen LogP contribution in [0.4, 0.5) is 0 Å². The lowest BCUT2D eigenvalue weighted by molar-refractivity contribution is 0.152. The van der Waals surface area contributed by atoms with Gasteiger partial charge in [-0.05, 0) is 37.3 Å². The lowest BCUT2D eigenvalue weighted by atomic mass is 10.1. The summed E-state index contributed by atoms with van der Waals surface area (Å²) in [5.41, 5.74) is 1.16. The van der Waals surface area contributed by atoms with Crippen molar-refractivity contribution >= 4 is 11.6 Å². The molecule has 0 bridgehead atoms. The Hall–Kier alpha value is -0.570. The van der Waals surface area contributed by atoms with Crippen molar-refractivity contribution in [2.45, 2.75) is 31.8 Å². The number of nitrogens with one attached hydrogen (secondary N) is 1.